The second-order valence-electron chi connectivity index (χ2n) is 9.29. The molecule has 8 nitrogen and oxygen atoms in total. The summed E-state index contributed by atoms with van der Waals surface area (Å²) in [7, 11) is 5.60. The summed E-state index contributed by atoms with van der Waals surface area (Å²) >= 11 is 6.15. The SMILES string of the molecule is CN(C)CCC(=O)N(C)c1ccc(N=C(c2ccc(CC(=O)O)cc2)c2c(O)[nH]c3cc(Cl)ccc23)cc1. The molecule has 0 aliphatic heterocycles. The number of carbonyl (C=O) groups is 2. The van der Waals surface area contributed by atoms with E-state index in [1.165, 1.54) is 0 Å². The van der Waals surface area contributed by atoms with Crippen molar-refractivity contribution in [2.24, 2.45) is 4.99 Å². The molecule has 0 spiro atoms. The highest BCUT2D eigenvalue weighted by atomic mass is 35.5. The second-order valence-corrected chi connectivity index (χ2v) is 9.73. The Kier molecular flexibility index (Phi) is 8.14. The molecule has 1 amide bonds. The van der Waals surface area contributed by atoms with Gasteiger partial charge in [-0.15, -0.1) is 0 Å². The molecule has 0 fully saturated rings. The quantitative estimate of drug-likeness (QED) is 0.255. The fraction of sp³-hybridized carbons (Fsp3) is 0.207. The van der Waals surface area contributed by atoms with Gasteiger partial charge in [0.2, 0.25) is 5.91 Å². The largest absolute Gasteiger partial charge is 0.494 e. The van der Waals surface area contributed by atoms with E-state index in [-0.39, 0.29) is 18.2 Å². The number of anilines is 1. The summed E-state index contributed by atoms with van der Waals surface area (Å²) in [6, 6.07) is 19.6. The molecule has 0 aliphatic rings. The van der Waals surface area contributed by atoms with Crippen molar-refractivity contribution < 1.29 is 19.8 Å². The van der Waals surface area contributed by atoms with Crippen LogP contribution in [0.4, 0.5) is 11.4 Å². The molecular weight excluding hydrogens is 504 g/mol. The van der Waals surface area contributed by atoms with Crippen molar-refractivity contribution in [2.75, 3.05) is 32.6 Å². The molecule has 0 atom stereocenters. The highest BCUT2D eigenvalue weighted by molar-refractivity contribution is 6.31. The van der Waals surface area contributed by atoms with Gasteiger partial charge in [0.1, 0.15) is 0 Å². The zero-order chi connectivity index (χ0) is 27.4. The summed E-state index contributed by atoms with van der Waals surface area (Å²) in [5.41, 5.74) is 4.39. The Balaban J connectivity index is 1.74. The number of hydrogen-bond donors (Lipinski definition) is 3. The third-order valence-corrected chi connectivity index (χ3v) is 6.42. The number of nitrogens with one attached hydrogen (secondary N) is 1. The van der Waals surface area contributed by atoms with Gasteiger partial charge < -0.3 is 25.0 Å². The number of amides is 1. The molecule has 1 aromatic heterocycles. The van der Waals surface area contributed by atoms with Crippen LogP contribution in [-0.4, -0.2) is 65.4 Å². The van der Waals surface area contributed by atoms with E-state index < -0.39 is 5.97 Å². The van der Waals surface area contributed by atoms with Crippen molar-refractivity contribution >= 4 is 51.5 Å². The Bertz CT molecular complexity index is 1490. The van der Waals surface area contributed by atoms with Crippen LogP contribution in [0.5, 0.6) is 5.88 Å². The van der Waals surface area contributed by atoms with Crippen LogP contribution in [0.15, 0.2) is 71.7 Å². The molecule has 0 unspecified atom stereocenters. The van der Waals surface area contributed by atoms with E-state index in [9.17, 15) is 14.7 Å². The number of aromatic amines is 1. The number of carboxylic acids is 1. The first-order valence-electron chi connectivity index (χ1n) is 12.0. The number of fused-ring (bicyclic) bond motifs is 1. The van der Waals surface area contributed by atoms with Crippen molar-refractivity contribution in [1.82, 2.24) is 9.88 Å². The van der Waals surface area contributed by atoms with Gasteiger partial charge in [0.05, 0.1) is 28.9 Å². The molecule has 38 heavy (non-hydrogen) atoms. The van der Waals surface area contributed by atoms with Crippen LogP contribution in [-0.2, 0) is 16.0 Å². The van der Waals surface area contributed by atoms with E-state index in [1.807, 2.05) is 49.3 Å². The highest BCUT2D eigenvalue weighted by Gasteiger charge is 2.19. The maximum Gasteiger partial charge on any atom is 0.307 e. The van der Waals surface area contributed by atoms with Gasteiger partial charge in [0.25, 0.3) is 0 Å². The van der Waals surface area contributed by atoms with Gasteiger partial charge in [0, 0.05) is 41.7 Å². The number of H-pyrrole nitrogens is 1. The predicted molar refractivity (Wildman–Crippen MR) is 151 cm³/mol. The number of aromatic nitrogens is 1. The van der Waals surface area contributed by atoms with E-state index in [1.54, 1.807) is 48.3 Å². The Morgan fingerprint density at radius 1 is 0.974 bits per heavy atom. The smallest absolute Gasteiger partial charge is 0.307 e. The number of aromatic hydroxyl groups is 1. The third kappa shape index (κ3) is 6.22. The maximum absolute atomic E-state index is 12.5. The summed E-state index contributed by atoms with van der Waals surface area (Å²) in [4.78, 5) is 35.1. The lowest BCUT2D eigenvalue weighted by atomic mass is 9.99. The molecule has 196 valence electrons. The molecule has 3 N–H and O–H groups in total. The zero-order valence-electron chi connectivity index (χ0n) is 21.4. The summed E-state index contributed by atoms with van der Waals surface area (Å²) < 4.78 is 0. The predicted octanol–water partition coefficient (Wildman–Crippen LogP) is 5.24. The molecule has 0 aliphatic carbocycles. The maximum atomic E-state index is 12.5. The third-order valence-electron chi connectivity index (χ3n) is 6.19. The van der Waals surface area contributed by atoms with Crippen LogP contribution in [0.3, 0.4) is 0 Å². The van der Waals surface area contributed by atoms with Crippen molar-refractivity contribution in [3.05, 3.63) is 88.4 Å². The van der Waals surface area contributed by atoms with Gasteiger partial charge in [-0.05, 0) is 56.1 Å². The van der Waals surface area contributed by atoms with Crippen LogP contribution in [0.25, 0.3) is 10.9 Å². The highest BCUT2D eigenvalue weighted by Crippen LogP contribution is 2.33. The van der Waals surface area contributed by atoms with Gasteiger partial charge in [-0.1, -0.05) is 41.9 Å². The van der Waals surface area contributed by atoms with Gasteiger partial charge in [-0.3, -0.25) is 9.59 Å². The summed E-state index contributed by atoms with van der Waals surface area (Å²) in [5, 5.41) is 21.3. The Labute approximate surface area is 225 Å². The molecule has 0 radical (unpaired) electrons. The number of hydrogen-bond acceptors (Lipinski definition) is 5. The number of carboxylic acid groups (broad SMARTS) is 1. The summed E-state index contributed by atoms with van der Waals surface area (Å²) in [6.07, 6.45) is 0.321. The summed E-state index contributed by atoms with van der Waals surface area (Å²) in [6.45, 7) is 0.666. The zero-order valence-corrected chi connectivity index (χ0v) is 22.2. The van der Waals surface area contributed by atoms with Crippen LogP contribution in [0, 0.1) is 0 Å². The first-order valence-corrected chi connectivity index (χ1v) is 12.4. The van der Waals surface area contributed by atoms with E-state index in [0.717, 1.165) is 11.1 Å². The van der Waals surface area contributed by atoms with E-state index in [2.05, 4.69) is 4.98 Å². The van der Waals surface area contributed by atoms with Gasteiger partial charge >= 0.3 is 5.97 Å². The Hall–Kier alpha value is -4.14. The fourth-order valence-corrected chi connectivity index (χ4v) is 4.30. The molecule has 9 heteroatoms. The number of carbonyl (C=O) groups excluding carboxylic acids is 1. The standard InChI is InChI=1S/C29H29ClN4O4/c1-33(2)15-14-25(35)34(3)22-11-9-21(10-12-22)31-28(19-6-4-18(5-7-19)16-26(36)37)27-23-13-8-20(30)17-24(23)32-29(27)38/h4-13,17,32,38H,14-16H2,1-3H3,(H,36,37). The number of aliphatic carboxylic acids is 1. The second kappa shape index (κ2) is 11.5. The van der Waals surface area contributed by atoms with Crippen LogP contribution in [0.2, 0.25) is 5.02 Å². The molecule has 0 saturated carbocycles. The summed E-state index contributed by atoms with van der Waals surface area (Å²) in [5.74, 6) is -0.957. The monoisotopic (exact) mass is 532 g/mol. The van der Waals surface area contributed by atoms with Crippen LogP contribution < -0.4 is 4.90 Å². The van der Waals surface area contributed by atoms with Gasteiger partial charge in [0.15, 0.2) is 5.88 Å². The number of nitrogens with zero attached hydrogens (tertiary/aromatic N) is 3. The Morgan fingerprint density at radius 2 is 1.66 bits per heavy atom. The molecule has 0 saturated heterocycles. The number of halogens is 1. The Morgan fingerprint density at radius 3 is 2.29 bits per heavy atom. The number of benzene rings is 3. The van der Waals surface area contributed by atoms with Crippen LogP contribution in [0.1, 0.15) is 23.1 Å². The molecule has 0 bridgehead atoms. The lowest BCUT2D eigenvalue weighted by Crippen LogP contribution is -2.29. The average molecular weight is 533 g/mol. The lowest BCUT2D eigenvalue weighted by Gasteiger charge is -2.19. The van der Waals surface area contributed by atoms with Gasteiger partial charge in [-0.2, -0.15) is 0 Å². The minimum absolute atomic E-state index is 0.0134. The number of rotatable bonds is 9. The van der Waals surface area contributed by atoms with Crippen LogP contribution >= 0.6 is 11.6 Å². The van der Waals surface area contributed by atoms with Crippen molar-refractivity contribution in [1.29, 1.82) is 0 Å². The lowest BCUT2D eigenvalue weighted by molar-refractivity contribution is -0.136. The molecule has 4 rings (SSSR count). The first kappa shape index (κ1) is 26.9. The molecular formula is C29H29ClN4O4. The van der Waals surface area contributed by atoms with E-state index in [0.29, 0.717) is 51.6 Å². The number of aliphatic imine (C=N–C) groups is 1. The average Bonchev–Trinajstić information content (AvgIpc) is 3.20. The minimum Gasteiger partial charge on any atom is -0.494 e. The minimum atomic E-state index is -0.914. The molecule has 3 aromatic carbocycles. The van der Waals surface area contributed by atoms with Crippen molar-refractivity contribution in [2.45, 2.75) is 12.8 Å². The topological polar surface area (TPSA) is 109 Å². The van der Waals surface area contributed by atoms with Gasteiger partial charge in [-0.25, -0.2) is 4.99 Å². The van der Waals surface area contributed by atoms with E-state index >= 15 is 0 Å². The first-order chi connectivity index (χ1) is 18.1. The van der Waals surface area contributed by atoms with E-state index in [4.69, 9.17) is 21.7 Å². The normalized spacial score (nSPS) is 11.8. The molecule has 4 aromatic rings. The molecule has 1 heterocycles. The van der Waals surface area contributed by atoms with Crippen molar-refractivity contribution in [3.63, 3.8) is 0 Å². The van der Waals surface area contributed by atoms with Crippen molar-refractivity contribution in [3.8, 4) is 5.88 Å². The fourth-order valence-electron chi connectivity index (χ4n) is 4.13.